The van der Waals surface area contributed by atoms with Gasteiger partial charge in [-0.15, -0.1) is 0 Å². The highest BCUT2D eigenvalue weighted by Gasteiger charge is 2.15. The summed E-state index contributed by atoms with van der Waals surface area (Å²) in [5.41, 5.74) is 1.89. The van der Waals surface area contributed by atoms with Crippen LogP contribution in [-0.2, 0) is 4.74 Å². The van der Waals surface area contributed by atoms with E-state index in [0.717, 1.165) is 12.3 Å². The molecule has 0 aliphatic carbocycles. The van der Waals surface area contributed by atoms with Crippen LogP contribution in [0.3, 0.4) is 0 Å². The largest absolute Gasteiger partial charge is 0.494 e. The van der Waals surface area contributed by atoms with Gasteiger partial charge in [0.05, 0.1) is 31.6 Å². The van der Waals surface area contributed by atoms with E-state index in [1.165, 1.54) is 44.6 Å². The minimum Gasteiger partial charge on any atom is -0.494 e. The monoisotopic (exact) mass is 348 g/mol. The summed E-state index contributed by atoms with van der Waals surface area (Å²) in [7, 11) is 2.46. The van der Waals surface area contributed by atoms with Crippen LogP contribution in [0.4, 0.5) is 8.78 Å². The summed E-state index contributed by atoms with van der Waals surface area (Å²) in [6.07, 6.45) is 1.03. The number of carbonyl (C=O) groups excluding carboxylic acids is 2. The van der Waals surface area contributed by atoms with Gasteiger partial charge < -0.3 is 9.47 Å². The average Bonchev–Trinajstić information content (AvgIpc) is 2.62. The lowest BCUT2D eigenvalue weighted by Crippen LogP contribution is -2.19. The molecule has 0 aromatic heterocycles. The minimum atomic E-state index is -0.827. The maximum atomic E-state index is 13.9. The molecule has 6 nitrogen and oxygen atoms in total. The standard InChI is InChI=1S/C17H14F2N2O4/c1-24-14-5-3-4-12(15(14)19)16(22)21-20-9-11-7-6-10(8-13(11)18)17(23)25-2/h3-9H,1-2H3,(H,21,22)/b20-9+. The minimum absolute atomic E-state index is 0.0269. The highest BCUT2D eigenvalue weighted by molar-refractivity contribution is 5.95. The zero-order valence-electron chi connectivity index (χ0n) is 13.4. The molecule has 1 N–H and O–H groups in total. The van der Waals surface area contributed by atoms with Crippen molar-refractivity contribution in [3.63, 3.8) is 0 Å². The number of esters is 1. The predicted molar refractivity (Wildman–Crippen MR) is 85.8 cm³/mol. The van der Waals surface area contributed by atoms with Crippen molar-refractivity contribution in [1.82, 2.24) is 5.43 Å². The number of methoxy groups -OCH3 is 2. The third-order valence-corrected chi connectivity index (χ3v) is 3.22. The van der Waals surface area contributed by atoms with Crippen LogP contribution in [0.5, 0.6) is 5.75 Å². The summed E-state index contributed by atoms with van der Waals surface area (Å²) >= 11 is 0. The van der Waals surface area contributed by atoms with E-state index in [1.807, 2.05) is 0 Å². The SMILES string of the molecule is COC(=O)c1ccc(/C=N/NC(=O)c2cccc(OC)c2F)c(F)c1. The number of ether oxygens (including phenoxy) is 2. The molecule has 0 saturated carbocycles. The lowest BCUT2D eigenvalue weighted by Gasteiger charge is -2.06. The van der Waals surface area contributed by atoms with Crippen LogP contribution < -0.4 is 10.2 Å². The van der Waals surface area contributed by atoms with Crippen molar-refractivity contribution < 1.29 is 27.8 Å². The second kappa shape index (κ2) is 8.00. The van der Waals surface area contributed by atoms with E-state index in [2.05, 4.69) is 15.3 Å². The molecule has 0 radical (unpaired) electrons. The number of hydrazone groups is 1. The fourth-order valence-corrected chi connectivity index (χ4v) is 1.94. The molecule has 0 saturated heterocycles. The molecule has 0 spiro atoms. The molecular formula is C17H14F2N2O4. The van der Waals surface area contributed by atoms with Gasteiger partial charge in [-0.2, -0.15) is 5.10 Å². The molecule has 130 valence electrons. The summed E-state index contributed by atoms with van der Waals surface area (Å²) < 4.78 is 37.1. The molecule has 0 atom stereocenters. The molecule has 0 bridgehead atoms. The fourth-order valence-electron chi connectivity index (χ4n) is 1.94. The van der Waals surface area contributed by atoms with E-state index in [4.69, 9.17) is 4.74 Å². The second-order valence-corrected chi connectivity index (χ2v) is 4.75. The van der Waals surface area contributed by atoms with Crippen LogP contribution in [0.1, 0.15) is 26.3 Å². The van der Waals surface area contributed by atoms with E-state index in [1.54, 1.807) is 0 Å². The van der Waals surface area contributed by atoms with Gasteiger partial charge >= 0.3 is 5.97 Å². The average molecular weight is 348 g/mol. The lowest BCUT2D eigenvalue weighted by molar-refractivity contribution is 0.0600. The number of benzene rings is 2. The van der Waals surface area contributed by atoms with Crippen LogP contribution in [0.25, 0.3) is 0 Å². The number of halogens is 2. The van der Waals surface area contributed by atoms with E-state index in [-0.39, 0.29) is 22.4 Å². The van der Waals surface area contributed by atoms with Gasteiger partial charge in [0.15, 0.2) is 11.6 Å². The Labute approximate surface area is 142 Å². The van der Waals surface area contributed by atoms with Crippen molar-refractivity contribution in [1.29, 1.82) is 0 Å². The molecule has 8 heteroatoms. The quantitative estimate of drug-likeness (QED) is 0.512. The molecule has 25 heavy (non-hydrogen) atoms. The van der Waals surface area contributed by atoms with Crippen LogP contribution in [-0.4, -0.2) is 32.3 Å². The first kappa shape index (κ1) is 18.1. The first-order valence-corrected chi connectivity index (χ1v) is 7.01. The van der Waals surface area contributed by atoms with Gasteiger partial charge in [-0.25, -0.2) is 19.0 Å². The van der Waals surface area contributed by atoms with Crippen LogP contribution >= 0.6 is 0 Å². The first-order valence-electron chi connectivity index (χ1n) is 7.01. The van der Waals surface area contributed by atoms with E-state index in [9.17, 15) is 18.4 Å². The van der Waals surface area contributed by atoms with E-state index >= 15 is 0 Å². The summed E-state index contributed by atoms with van der Waals surface area (Å²) in [4.78, 5) is 23.2. The molecule has 0 aliphatic heterocycles. The Morgan fingerprint density at radius 1 is 1.16 bits per heavy atom. The molecule has 0 unspecified atom stereocenters. The van der Waals surface area contributed by atoms with Gasteiger partial charge in [-0.05, 0) is 30.3 Å². The van der Waals surface area contributed by atoms with E-state index in [0.29, 0.717) is 0 Å². The predicted octanol–water partition coefficient (Wildman–Crippen LogP) is 2.52. The maximum Gasteiger partial charge on any atom is 0.337 e. The molecule has 2 aromatic carbocycles. The van der Waals surface area contributed by atoms with Crippen LogP contribution in [0, 0.1) is 11.6 Å². The zero-order chi connectivity index (χ0) is 18.4. The Bertz CT molecular complexity index is 837. The fraction of sp³-hybridized carbons (Fsp3) is 0.118. The van der Waals surface area contributed by atoms with E-state index < -0.39 is 23.5 Å². The highest BCUT2D eigenvalue weighted by Crippen LogP contribution is 2.19. The van der Waals surface area contributed by atoms with Crippen molar-refractivity contribution in [3.05, 3.63) is 64.7 Å². The van der Waals surface area contributed by atoms with Crippen molar-refractivity contribution >= 4 is 18.1 Å². The van der Waals surface area contributed by atoms with Gasteiger partial charge in [-0.1, -0.05) is 6.07 Å². The van der Waals surface area contributed by atoms with Gasteiger partial charge in [0.25, 0.3) is 5.91 Å². The number of nitrogens with one attached hydrogen (secondary N) is 1. The molecule has 0 heterocycles. The third kappa shape index (κ3) is 4.17. The topological polar surface area (TPSA) is 77.0 Å². The highest BCUT2D eigenvalue weighted by atomic mass is 19.1. The van der Waals surface area contributed by atoms with Crippen molar-refractivity contribution in [2.45, 2.75) is 0 Å². The van der Waals surface area contributed by atoms with Crippen molar-refractivity contribution in [2.24, 2.45) is 5.10 Å². The summed E-state index contributed by atoms with van der Waals surface area (Å²) in [5.74, 6) is -3.13. The van der Waals surface area contributed by atoms with Crippen molar-refractivity contribution in [2.75, 3.05) is 14.2 Å². The second-order valence-electron chi connectivity index (χ2n) is 4.75. The van der Waals surface area contributed by atoms with Gasteiger partial charge in [0.1, 0.15) is 5.82 Å². The number of carbonyl (C=O) groups is 2. The number of hydrogen-bond donors (Lipinski definition) is 1. The number of rotatable bonds is 5. The van der Waals surface area contributed by atoms with Gasteiger partial charge in [0, 0.05) is 5.56 Å². The Hall–Kier alpha value is -3.29. The summed E-state index contributed by atoms with van der Waals surface area (Å²) in [5, 5.41) is 3.58. The number of hydrogen-bond acceptors (Lipinski definition) is 5. The molecule has 2 rings (SSSR count). The third-order valence-electron chi connectivity index (χ3n) is 3.22. The van der Waals surface area contributed by atoms with Crippen LogP contribution in [0.15, 0.2) is 41.5 Å². The number of amides is 1. The zero-order valence-corrected chi connectivity index (χ0v) is 13.4. The summed E-state index contributed by atoms with van der Waals surface area (Å²) in [6, 6.07) is 7.70. The Morgan fingerprint density at radius 3 is 2.56 bits per heavy atom. The van der Waals surface area contributed by atoms with Gasteiger partial charge in [0.2, 0.25) is 0 Å². The summed E-state index contributed by atoms with van der Waals surface area (Å²) in [6.45, 7) is 0. The molecule has 1 amide bonds. The molecular weight excluding hydrogens is 334 g/mol. The maximum absolute atomic E-state index is 13.9. The van der Waals surface area contributed by atoms with Crippen molar-refractivity contribution in [3.8, 4) is 5.75 Å². The van der Waals surface area contributed by atoms with Crippen LogP contribution in [0.2, 0.25) is 0 Å². The van der Waals surface area contributed by atoms with Gasteiger partial charge in [-0.3, -0.25) is 4.79 Å². The smallest absolute Gasteiger partial charge is 0.337 e. The molecule has 2 aromatic rings. The molecule has 0 fully saturated rings. The molecule has 0 aliphatic rings. The Morgan fingerprint density at radius 2 is 1.92 bits per heavy atom. The first-order chi connectivity index (χ1) is 12.0. The Kier molecular flexibility index (Phi) is 5.78. The Balaban J connectivity index is 2.11. The number of nitrogens with zero attached hydrogens (tertiary/aromatic N) is 1. The normalized spacial score (nSPS) is 10.6. The lowest BCUT2D eigenvalue weighted by atomic mass is 10.1.